The Labute approximate surface area is 107 Å². The highest BCUT2D eigenvalue weighted by molar-refractivity contribution is 5.75. The predicted octanol–water partition coefficient (Wildman–Crippen LogP) is 2.33. The molecule has 0 bridgehead atoms. The second-order valence-corrected chi connectivity index (χ2v) is 3.82. The Balaban J connectivity index is 2.52. The van der Waals surface area contributed by atoms with Crippen LogP contribution in [0.3, 0.4) is 0 Å². The number of methoxy groups -OCH3 is 1. The highest BCUT2D eigenvalue weighted by Crippen LogP contribution is 2.15. The minimum Gasteiger partial charge on any atom is -0.497 e. The van der Waals surface area contributed by atoms with E-state index in [1.807, 2.05) is 30.3 Å². The summed E-state index contributed by atoms with van der Waals surface area (Å²) in [5, 5.41) is 8.91. The monoisotopic (exact) mass is 247 g/mol. The van der Waals surface area contributed by atoms with Crippen molar-refractivity contribution in [2.24, 2.45) is 5.92 Å². The third-order valence-corrected chi connectivity index (χ3v) is 2.61. The van der Waals surface area contributed by atoms with Gasteiger partial charge in [-0.05, 0) is 37.5 Å². The predicted molar refractivity (Wildman–Crippen MR) is 67.1 cm³/mol. The molecule has 1 aromatic rings. The van der Waals surface area contributed by atoms with E-state index in [9.17, 15) is 4.79 Å². The highest BCUT2D eigenvalue weighted by Gasteiger charge is 2.18. The van der Waals surface area contributed by atoms with Crippen molar-refractivity contribution in [1.82, 2.24) is 0 Å². The Morgan fingerprint density at radius 1 is 1.39 bits per heavy atom. The maximum absolute atomic E-state index is 11.4. The van der Waals surface area contributed by atoms with E-state index in [2.05, 4.69) is 0 Å². The molecule has 0 aliphatic carbocycles. The molecule has 96 valence electrons. The third-order valence-electron chi connectivity index (χ3n) is 2.61. The topological polar surface area (TPSA) is 59.3 Å². The SMILES string of the molecule is CCOC(=O)C(C#N)CCc1ccc(OC)cc1. The zero-order valence-electron chi connectivity index (χ0n) is 10.7. The summed E-state index contributed by atoms with van der Waals surface area (Å²) < 4.78 is 9.90. The summed E-state index contributed by atoms with van der Waals surface area (Å²) in [4.78, 5) is 11.4. The molecule has 0 aliphatic rings. The maximum atomic E-state index is 11.4. The van der Waals surface area contributed by atoms with Crippen molar-refractivity contribution in [1.29, 1.82) is 5.26 Å². The molecule has 0 amide bonds. The molecule has 1 unspecified atom stereocenters. The Kier molecular flexibility index (Phi) is 5.72. The van der Waals surface area contributed by atoms with Gasteiger partial charge in [0.15, 0.2) is 0 Å². The molecule has 0 saturated heterocycles. The number of hydrogen-bond acceptors (Lipinski definition) is 4. The van der Waals surface area contributed by atoms with Crippen molar-refractivity contribution in [2.75, 3.05) is 13.7 Å². The minimum atomic E-state index is -0.688. The fraction of sp³-hybridized carbons (Fsp3) is 0.429. The zero-order chi connectivity index (χ0) is 13.4. The summed E-state index contributed by atoms with van der Waals surface area (Å²) in [6.45, 7) is 2.04. The first kappa shape index (κ1) is 14.0. The lowest BCUT2D eigenvalue weighted by molar-refractivity contribution is -0.146. The second kappa shape index (κ2) is 7.33. The van der Waals surface area contributed by atoms with E-state index >= 15 is 0 Å². The molecule has 0 saturated carbocycles. The number of aryl methyl sites for hydroxylation is 1. The number of ether oxygens (including phenoxy) is 2. The third kappa shape index (κ3) is 4.10. The molecule has 1 aromatic carbocycles. The molecule has 0 aliphatic heterocycles. The zero-order valence-corrected chi connectivity index (χ0v) is 10.7. The number of carbonyl (C=O) groups excluding carboxylic acids is 1. The van der Waals surface area contributed by atoms with Gasteiger partial charge in [0.1, 0.15) is 11.7 Å². The van der Waals surface area contributed by atoms with E-state index in [0.717, 1.165) is 11.3 Å². The largest absolute Gasteiger partial charge is 0.497 e. The molecule has 1 rings (SSSR count). The van der Waals surface area contributed by atoms with Crippen molar-refractivity contribution in [3.63, 3.8) is 0 Å². The number of carbonyl (C=O) groups is 1. The molecule has 4 nitrogen and oxygen atoms in total. The van der Waals surface area contributed by atoms with E-state index in [0.29, 0.717) is 19.4 Å². The first-order valence-electron chi connectivity index (χ1n) is 5.90. The first-order chi connectivity index (χ1) is 8.71. The van der Waals surface area contributed by atoms with Crippen molar-refractivity contribution in [3.8, 4) is 11.8 Å². The van der Waals surface area contributed by atoms with Gasteiger partial charge in [0, 0.05) is 0 Å². The summed E-state index contributed by atoms with van der Waals surface area (Å²) in [5.41, 5.74) is 1.07. The fourth-order valence-electron chi connectivity index (χ4n) is 1.58. The summed E-state index contributed by atoms with van der Waals surface area (Å²) in [5.74, 6) is -0.332. The highest BCUT2D eigenvalue weighted by atomic mass is 16.5. The lowest BCUT2D eigenvalue weighted by Crippen LogP contribution is -2.16. The quantitative estimate of drug-likeness (QED) is 0.724. The van der Waals surface area contributed by atoms with Gasteiger partial charge in [0.05, 0.1) is 19.8 Å². The van der Waals surface area contributed by atoms with Crippen LogP contribution in [0.5, 0.6) is 5.75 Å². The molecule has 1 atom stereocenters. The van der Waals surface area contributed by atoms with Gasteiger partial charge in [-0.25, -0.2) is 0 Å². The molecule has 4 heteroatoms. The van der Waals surface area contributed by atoms with Gasteiger partial charge < -0.3 is 9.47 Å². The van der Waals surface area contributed by atoms with Crippen LogP contribution in [0.2, 0.25) is 0 Å². The number of benzene rings is 1. The molecular weight excluding hydrogens is 230 g/mol. The summed E-state index contributed by atoms with van der Waals surface area (Å²) in [6.07, 6.45) is 1.14. The number of nitriles is 1. The molecule has 0 spiro atoms. The molecule has 0 fully saturated rings. The summed E-state index contributed by atoms with van der Waals surface area (Å²) >= 11 is 0. The van der Waals surface area contributed by atoms with Crippen LogP contribution in [0, 0.1) is 17.2 Å². The van der Waals surface area contributed by atoms with Gasteiger partial charge in [-0.15, -0.1) is 0 Å². The van der Waals surface area contributed by atoms with E-state index in [-0.39, 0.29) is 0 Å². The van der Waals surface area contributed by atoms with Gasteiger partial charge in [-0.3, -0.25) is 4.79 Å². The van der Waals surface area contributed by atoms with Crippen molar-refractivity contribution >= 4 is 5.97 Å². The number of esters is 1. The Morgan fingerprint density at radius 3 is 2.56 bits per heavy atom. The van der Waals surface area contributed by atoms with Crippen LogP contribution < -0.4 is 4.74 Å². The van der Waals surface area contributed by atoms with E-state index in [4.69, 9.17) is 14.7 Å². The summed E-state index contributed by atoms with van der Waals surface area (Å²) in [7, 11) is 1.61. The standard InChI is InChI=1S/C14H17NO3/c1-3-18-14(16)12(10-15)7-4-11-5-8-13(17-2)9-6-11/h5-6,8-9,12H,3-4,7H2,1-2H3. The van der Waals surface area contributed by atoms with Crippen LogP contribution in [-0.2, 0) is 16.0 Å². The van der Waals surface area contributed by atoms with Crippen molar-refractivity contribution in [3.05, 3.63) is 29.8 Å². The van der Waals surface area contributed by atoms with Crippen LogP contribution in [0.25, 0.3) is 0 Å². The van der Waals surface area contributed by atoms with Gasteiger partial charge in [0.25, 0.3) is 0 Å². The smallest absolute Gasteiger partial charge is 0.323 e. The number of hydrogen-bond donors (Lipinski definition) is 0. The van der Waals surface area contributed by atoms with Crippen LogP contribution in [0.1, 0.15) is 18.9 Å². The molecule has 0 radical (unpaired) electrons. The molecule has 0 aromatic heterocycles. The lowest BCUT2D eigenvalue weighted by Gasteiger charge is -2.08. The van der Waals surface area contributed by atoms with E-state index in [1.165, 1.54) is 0 Å². The van der Waals surface area contributed by atoms with E-state index < -0.39 is 11.9 Å². The first-order valence-corrected chi connectivity index (χ1v) is 5.90. The van der Waals surface area contributed by atoms with Gasteiger partial charge in [0.2, 0.25) is 0 Å². The fourth-order valence-corrected chi connectivity index (χ4v) is 1.58. The molecule has 18 heavy (non-hydrogen) atoms. The Bertz CT molecular complexity index is 420. The summed E-state index contributed by atoms with van der Waals surface area (Å²) in [6, 6.07) is 9.56. The van der Waals surface area contributed by atoms with Crippen LogP contribution in [0.4, 0.5) is 0 Å². The maximum Gasteiger partial charge on any atom is 0.323 e. The van der Waals surface area contributed by atoms with Gasteiger partial charge in [-0.1, -0.05) is 12.1 Å². The molecular formula is C14H17NO3. The van der Waals surface area contributed by atoms with Gasteiger partial charge >= 0.3 is 5.97 Å². The molecule has 0 N–H and O–H groups in total. The van der Waals surface area contributed by atoms with Gasteiger partial charge in [-0.2, -0.15) is 5.26 Å². The second-order valence-electron chi connectivity index (χ2n) is 3.82. The normalized spacial score (nSPS) is 11.4. The number of nitrogens with zero attached hydrogens (tertiary/aromatic N) is 1. The van der Waals surface area contributed by atoms with Crippen molar-refractivity contribution in [2.45, 2.75) is 19.8 Å². The lowest BCUT2D eigenvalue weighted by atomic mass is 10.0. The van der Waals surface area contributed by atoms with Crippen LogP contribution in [0.15, 0.2) is 24.3 Å². The van der Waals surface area contributed by atoms with Crippen LogP contribution in [-0.4, -0.2) is 19.7 Å². The average molecular weight is 247 g/mol. The minimum absolute atomic E-state index is 0.305. The molecule has 0 heterocycles. The number of rotatable bonds is 6. The van der Waals surface area contributed by atoms with E-state index in [1.54, 1.807) is 14.0 Å². The Morgan fingerprint density at radius 2 is 2.06 bits per heavy atom. The average Bonchev–Trinajstić information content (AvgIpc) is 2.40. The van der Waals surface area contributed by atoms with Crippen molar-refractivity contribution < 1.29 is 14.3 Å². The van der Waals surface area contributed by atoms with Crippen LogP contribution >= 0.6 is 0 Å². The Hall–Kier alpha value is -2.02.